The van der Waals surface area contributed by atoms with E-state index >= 15 is 0 Å². The van der Waals surface area contributed by atoms with E-state index in [-0.39, 0.29) is 5.91 Å². The lowest BCUT2D eigenvalue weighted by molar-refractivity contribution is 0.0963. The van der Waals surface area contributed by atoms with Crippen molar-refractivity contribution >= 4 is 18.1 Å². The predicted molar refractivity (Wildman–Crippen MR) is 101 cm³/mol. The molecule has 0 radical (unpaired) electrons. The third-order valence-electron chi connectivity index (χ3n) is 4.05. The Bertz CT molecular complexity index is 941. The Labute approximate surface area is 156 Å². The summed E-state index contributed by atoms with van der Waals surface area (Å²) in [5, 5.41) is 7.19. The first kappa shape index (κ1) is 18.1. The number of nitrogens with zero attached hydrogens (tertiary/aromatic N) is 4. The van der Waals surface area contributed by atoms with Crippen LogP contribution in [0.15, 0.2) is 47.1 Å². The van der Waals surface area contributed by atoms with Crippen molar-refractivity contribution in [3.8, 4) is 11.6 Å². The minimum Gasteiger partial charge on any atom is -0.461 e. The zero-order valence-corrected chi connectivity index (χ0v) is 15.8. The van der Waals surface area contributed by atoms with Crippen molar-refractivity contribution in [3.05, 3.63) is 58.6 Å². The van der Waals surface area contributed by atoms with Crippen LogP contribution in [0.2, 0.25) is 0 Å². The summed E-state index contributed by atoms with van der Waals surface area (Å²) < 4.78 is 9.65. The van der Waals surface area contributed by atoms with Crippen molar-refractivity contribution in [1.82, 2.24) is 24.6 Å². The lowest BCUT2D eigenvalue weighted by Gasteiger charge is -2.16. The normalized spacial score (nSPS) is 11.1. The van der Waals surface area contributed by atoms with Crippen molar-refractivity contribution < 1.29 is 9.21 Å². The van der Waals surface area contributed by atoms with Crippen LogP contribution in [0.1, 0.15) is 15.9 Å². The monoisotopic (exact) mass is 371 g/mol. The van der Waals surface area contributed by atoms with Crippen molar-refractivity contribution in [2.45, 2.75) is 13.2 Å². The van der Waals surface area contributed by atoms with Crippen LogP contribution in [-0.2, 0) is 20.3 Å². The number of carbonyl (C=O) groups is 1. The minimum atomic E-state index is -0.0878. The van der Waals surface area contributed by atoms with Gasteiger partial charge in [0.15, 0.2) is 16.4 Å². The number of aromatic nitrogens is 3. The topological polar surface area (TPSA) is 68.2 Å². The molecule has 1 amide bonds. The highest BCUT2D eigenvalue weighted by Crippen LogP contribution is 2.18. The van der Waals surface area contributed by atoms with E-state index in [1.807, 2.05) is 55.1 Å². The number of rotatable bonds is 6. The zero-order valence-electron chi connectivity index (χ0n) is 15.0. The van der Waals surface area contributed by atoms with Gasteiger partial charge in [-0.15, -0.1) is 5.10 Å². The molecule has 26 heavy (non-hydrogen) atoms. The van der Waals surface area contributed by atoms with Gasteiger partial charge >= 0.3 is 0 Å². The molecule has 3 aromatic rings. The van der Waals surface area contributed by atoms with E-state index in [0.717, 1.165) is 5.56 Å². The van der Waals surface area contributed by atoms with Gasteiger partial charge in [-0.2, -0.15) is 0 Å². The number of hydrogen-bond acceptors (Lipinski definition) is 5. The molecule has 8 heteroatoms. The van der Waals surface area contributed by atoms with Gasteiger partial charge in [0, 0.05) is 26.2 Å². The molecule has 0 aliphatic rings. The number of amides is 1. The van der Waals surface area contributed by atoms with Crippen LogP contribution in [0.5, 0.6) is 0 Å². The molecular weight excluding hydrogens is 350 g/mol. The third-order valence-corrected chi connectivity index (χ3v) is 4.54. The standard InChI is InChI=1S/C18H21N5O2S/c1-19-17(24)14-8-6-13(7-9-14)11-21(2)12-23-18(26)22(3)16(20-23)15-5-4-10-25-15/h4-10H,11-12H2,1-3H3,(H,19,24). The highest BCUT2D eigenvalue weighted by Gasteiger charge is 2.13. The Morgan fingerprint density at radius 2 is 2.04 bits per heavy atom. The molecule has 2 heterocycles. The second-order valence-corrected chi connectivity index (χ2v) is 6.44. The summed E-state index contributed by atoms with van der Waals surface area (Å²) in [6.45, 7) is 1.26. The molecule has 7 nitrogen and oxygen atoms in total. The molecule has 136 valence electrons. The molecule has 0 saturated heterocycles. The quantitative estimate of drug-likeness (QED) is 0.675. The Morgan fingerprint density at radius 3 is 2.65 bits per heavy atom. The van der Waals surface area contributed by atoms with Crippen LogP contribution in [0, 0.1) is 4.77 Å². The minimum absolute atomic E-state index is 0.0878. The average Bonchev–Trinajstić information content (AvgIpc) is 3.26. The summed E-state index contributed by atoms with van der Waals surface area (Å²) in [4.78, 5) is 13.7. The lowest BCUT2D eigenvalue weighted by atomic mass is 10.1. The molecule has 2 aromatic heterocycles. The van der Waals surface area contributed by atoms with E-state index in [1.165, 1.54) is 0 Å². The molecule has 0 fully saturated rings. The van der Waals surface area contributed by atoms with E-state index in [9.17, 15) is 4.79 Å². The SMILES string of the molecule is CNC(=O)c1ccc(CN(C)Cn2nc(-c3ccco3)n(C)c2=S)cc1. The maximum absolute atomic E-state index is 11.6. The number of nitrogens with one attached hydrogen (secondary N) is 1. The van der Waals surface area contributed by atoms with Gasteiger partial charge in [0.25, 0.3) is 5.91 Å². The first-order valence-corrected chi connectivity index (χ1v) is 8.57. The van der Waals surface area contributed by atoms with E-state index in [2.05, 4.69) is 15.3 Å². The summed E-state index contributed by atoms with van der Waals surface area (Å²) in [5.41, 5.74) is 1.75. The largest absolute Gasteiger partial charge is 0.461 e. The van der Waals surface area contributed by atoms with Crippen LogP contribution >= 0.6 is 12.2 Å². The highest BCUT2D eigenvalue weighted by molar-refractivity contribution is 7.71. The third kappa shape index (κ3) is 3.76. The Balaban J connectivity index is 1.70. The van der Waals surface area contributed by atoms with Crippen LogP contribution in [0.4, 0.5) is 0 Å². The number of hydrogen-bond donors (Lipinski definition) is 1. The zero-order chi connectivity index (χ0) is 18.7. The number of benzene rings is 1. The molecule has 0 unspecified atom stereocenters. The summed E-state index contributed by atoms with van der Waals surface area (Å²) >= 11 is 5.48. The fourth-order valence-electron chi connectivity index (χ4n) is 2.70. The van der Waals surface area contributed by atoms with Gasteiger partial charge in [-0.05, 0) is 49.1 Å². The first-order chi connectivity index (χ1) is 12.5. The molecule has 1 aromatic carbocycles. The lowest BCUT2D eigenvalue weighted by Crippen LogP contribution is -2.23. The van der Waals surface area contributed by atoms with Crippen molar-refractivity contribution in [2.75, 3.05) is 14.1 Å². The molecule has 0 aliphatic heterocycles. The van der Waals surface area contributed by atoms with Crippen LogP contribution < -0.4 is 5.32 Å². The fourth-order valence-corrected chi connectivity index (χ4v) is 2.88. The van der Waals surface area contributed by atoms with Gasteiger partial charge in [-0.25, -0.2) is 4.68 Å². The Hall–Kier alpha value is -2.71. The first-order valence-electron chi connectivity index (χ1n) is 8.17. The summed E-state index contributed by atoms with van der Waals surface area (Å²) in [6.07, 6.45) is 1.62. The van der Waals surface area contributed by atoms with Crippen LogP contribution in [0.3, 0.4) is 0 Å². The maximum atomic E-state index is 11.6. The van der Waals surface area contributed by atoms with Gasteiger partial charge in [0.05, 0.1) is 12.9 Å². The second-order valence-electron chi connectivity index (χ2n) is 6.07. The van der Waals surface area contributed by atoms with Gasteiger partial charge in [-0.3, -0.25) is 9.69 Å². The van der Waals surface area contributed by atoms with Gasteiger partial charge in [-0.1, -0.05) is 12.1 Å². The molecule has 0 aliphatic carbocycles. The predicted octanol–water partition coefficient (Wildman–Crippen LogP) is 2.66. The maximum Gasteiger partial charge on any atom is 0.251 e. The molecule has 0 atom stereocenters. The fraction of sp³-hybridized carbons (Fsp3) is 0.278. The highest BCUT2D eigenvalue weighted by atomic mass is 32.1. The van der Waals surface area contributed by atoms with Gasteiger partial charge in [0.1, 0.15) is 0 Å². The average molecular weight is 371 g/mol. The second kappa shape index (κ2) is 7.67. The molecular formula is C18H21N5O2S. The molecule has 0 bridgehead atoms. The summed E-state index contributed by atoms with van der Waals surface area (Å²) in [5.74, 6) is 1.29. The van der Waals surface area contributed by atoms with Crippen LogP contribution in [-0.4, -0.2) is 39.3 Å². The van der Waals surface area contributed by atoms with E-state index in [1.54, 1.807) is 18.0 Å². The molecule has 3 rings (SSSR count). The molecule has 1 N–H and O–H groups in total. The van der Waals surface area contributed by atoms with Gasteiger partial charge in [0.2, 0.25) is 0 Å². The molecule has 0 spiro atoms. The van der Waals surface area contributed by atoms with Crippen molar-refractivity contribution in [3.63, 3.8) is 0 Å². The van der Waals surface area contributed by atoms with Gasteiger partial charge < -0.3 is 14.3 Å². The van der Waals surface area contributed by atoms with Crippen LogP contribution in [0.25, 0.3) is 11.6 Å². The Morgan fingerprint density at radius 1 is 1.31 bits per heavy atom. The van der Waals surface area contributed by atoms with Crippen molar-refractivity contribution in [2.24, 2.45) is 7.05 Å². The van der Waals surface area contributed by atoms with Crippen molar-refractivity contribution in [1.29, 1.82) is 0 Å². The Kier molecular flexibility index (Phi) is 5.34. The number of furan rings is 1. The number of carbonyl (C=O) groups excluding carboxylic acids is 1. The summed E-state index contributed by atoms with van der Waals surface area (Å²) in [7, 11) is 5.49. The summed E-state index contributed by atoms with van der Waals surface area (Å²) in [6, 6.07) is 11.2. The van der Waals surface area contributed by atoms with E-state index < -0.39 is 0 Å². The van der Waals surface area contributed by atoms with E-state index in [4.69, 9.17) is 16.6 Å². The smallest absolute Gasteiger partial charge is 0.251 e. The molecule has 0 saturated carbocycles. The van der Waals surface area contributed by atoms with E-state index in [0.29, 0.717) is 35.1 Å².